The van der Waals surface area contributed by atoms with E-state index in [4.69, 9.17) is 0 Å². The third kappa shape index (κ3) is 4.77. The number of sulfone groups is 1. The van der Waals surface area contributed by atoms with Crippen LogP contribution in [0, 0.1) is 0 Å². The molecule has 3 aromatic rings. The molecule has 1 unspecified atom stereocenters. The van der Waals surface area contributed by atoms with Crippen LogP contribution in [-0.2, 0) is 14.6 Å². The van der Waals surface area contributed by atoms with E-state index < -0.39 is 9.84 Å². The molecule has 1 saturated carbocycles. The van der Waals surface area contributed by atoms with Crippen LogP contribution in [0.1, 0.15) is 32.1 Å². The highest BCUT2D eigenvalue weighted by molar-refractivity contribution is 8.00. The normalized spacial score (nSPS) is 20.3. The average molecular weight is 482 g/mol. The van der Waals surface area contributed by atoms with E-state index in [0.717, 1.165) is 52.7 Å². The molecular weight excluding hydrogens is 454 g/mol. The van der Waals surface area contributed by atoms with Gasteiger partial charge in [-0.1, -0.05) is 79.2 Å². The Bertz CT molecular complexity index is 1260. The fourth-order valence-electron chi connectivity index (χ4n) is 5.08. The van der Waals surface area contributed by atoms with Crippen LogP contribution in [0.5, 0.6) is 0 Å². The Kier molecular flexibility index (Phi) is 6.38. The number of hydrogen-bond acceptors (Lipinski definition) is 6. The minimum Gasteiger partial charge on any atom is -0.335 e. The molecule has 8 heteroatoms. The summed E-state index contributed by atoms with van der Waals surface area (Å²) in [5.41, 5.74) is 1.83. The maximum atomic E-state index is 13.4. The second kappa shape index (κ2) is 9.43. The first kappa shape index (κ1) is 22.3. The first-order valence-corrected chi connectivity index (χ1v) is 14.3. The quantitative estimate of drug-likeness (QED) is 0.487. The molecular formula is C25H27N3O3S2. The lowest BCUT2D eigenvalue weighted by atomic mass is 10.1. The van der Waals surface area contributed by atoms with Gasteiger partial charge in [-0.3, -0.25) is 4.79 Å². The molecule has 33 heavy (non-hydrogen) atoms. The third-order valence-electron chi connectivity index (χ3n) is 6.64. The van der Waals surface area contributed by atoms with Gasteiger partial charge >= 0.3 is 0 Å². The summed E-state index contributed by atoms with van der Waals surface area (Å²) in [5.74, 6) is 0.510. The number of rotatable bonds is 6. The Morgan fingerprint density at radius 3 is 2.30 bits per heavy atom. The summed E-state index contributed by atoms with van der Waals surface area (Å²) in [7, 11) is -3.05. The Morgan fingerprint density at radius 2 is 1.61 bits per heavy atom. The lowest BCUT2D eigenvalue weighted by molar-refractivity contribution is -0.132. The summed E-state index contributed by atoms with van der Waals surface area (Å²) >= 11 is 1.39. The zero-order chi connectivity index (χ0) is 22.8. The predicted molar refractivity (Wildman–Crippen MR) is 132 cm³/mol. The maximum absolute atomic E-state index is 13.4. The van der Waals surface area contributed by atoms with Crippen LogP contribution in [0.25, 0.3) is 22.0 Å². The minimum absolute atomic E-state index is 0.00650. The van der Waals surface area contributed by atoms with Crippen molar-refractivity contribution in [3.8, 4) is 11.3 Å². The Morgan fingerprint density at radius 1 is 0.909 bits per heavy atom. The molecule has 1 aliphatic carbocycles. The molecule has 2 aliphatic rings. The number of amides is 1. The minimum atomic E-state index is -3.05. The summed E-state index contributed by atoms with van der Waals surface area (Å²) < 4.78 is 24.2. The van der Waals surface area contributed by atoms with Crippen molar-refractivity contribution in [2.75, 3.05) is 17.3 Å². The molecule has 5 rings (SSSR count). The first-order chi connectivity index (χ1) is 16.0. The molecule has 172 valence electrons. The van der Waals surface area contributed by atoms with E-state index in [-0.39, 0.29) is 35.2 Å². The summed E-state index contributed by atoms with van der Waals surface area (Å²) in [6, 6.07) is 17.9. The number of benzene rings is 2. The van der Waals surface area contributed by atoms with Crippen molar-refractivity contribution in [1.29, 1.82) is 0 Å². The van der Waals surface area contributed by atoms with Gasteiger partial charge in [0, 0.05) is 28.4 Å². The highest BCUT2D eigenvalue weighted by Gasteiger charge is 2.38. The number of fused-ring (bicyclic) bond motifs is 1. The van der Waals surface area contributed by atoms with Gasteiger partial charge < -0.3 is 4.90 Å². The molecule has 2 aromatic carbocycles. The predicted octanol–water partition coefficient (Wildman–Crippen LogP) is 4.35. The van der Waals surface area contributed by atoms with Crippen LogP contribution >= 0.6 is 11.8 Å². The van der Waals surface area contributed by atoms with Crippen molar-refractivity contribution in [2.45, 2.75) is 49.2 Å². The highest BCUT2D eigenvalue weighted by Crippen LogP contribution is 2.33. The number of nitrogens with zero attached hydrogens (tertiary/aromatic N) is 3. The molecule has 6 nitrogen and oxygen atoms in total. The zero-order valence-electron chi connectivity index (χ0n) is 18.4. The Balaban J connectivity index is 1.39. The molecule has 1 saturated heterocycles. The number of hydrogen-bond donors (Lipinski definition) is 0. The summed E-state index contributed by atoms with van der Waals surface area (Å²) in [4.78, 5) is 15.3. The molecule has 0 radical (unpaired) electrons. The third-order valence-corrected chi connectivity index (χ3v) is 9.36. The van der Waals surface area contributed by atoms with Crippen molar-refractivity contribution in [3.63, 3.8) is 0 Å². The van der Waals surface area contributed by atoms with Crippen LogP contribution in [0.2, 0.25) is 0 Å². The van der Waals surface area contributed by atoms with Gasteiger partial charge in [0.2, 0.25) is 5.91 Å². The van der Waals surface area contributed by atoms with E-state index in [1.807, 2.05) is 59.5 Å². The van der Waals surface area contributed by atoms with Crippen molar-refractivity contribution in [3.05, 3.63) is 54.6 Å². The van der Waals surface area contributed by atoms with E-state index >= 15 is 0 Å². The van der Waals surface area contributed by atoms with E-state index in [0.29, 0.717) is 6.42 Å². The van der Waals surface area contributed by atoms with Crippen molar-refractivity contribution < 1.29 is 13.2 Å². The topological polar surface area (TPSA) is 80.2 Å². The molecule has 1 aliphatic heterocycles. The molecule has 2 fully saturated rings. The number of carbonyl (C=O) groups is 1. The molecule has 1 atom stereocenters. The molecule has 1 aromatic heterocycles. The first-order valence-electron chi connectivity index (χ1n) is 11.5. The van der Waals surface area contributed by atoms with Gasteiger partial charge in [0.25, 0.3) is 0 Å². The van der Waals surface area contributed by atoms with Crippen molar-refractivity contribution in [1.82, 2.24) is 15.1 Å². The van der Waals surface area contributed by atoms with E-state index in [1.54, 1.807) is 0 Å². The van der Waals surface area contributed by atoms with Crippen LogP contribution in [-0.4, -0.2) is 58.8 Å². The fraction of sp³-hybridized carbons (Fsp3) is 0.400. The average Bonchev–Trinajstić information content (AvgIpc) is 3.48. The molecule has 0 N–H and O–H groups in total. The van der Waals surface area contributed by atoms with Gasteiger partial charge in [-0.2, -0.15) is 0 Å². The van der Waals surface area contributed by atoms with Crippen LogP contribution in [0.4, 0.5) is 0 Å². The number of aromatic nitrogens is 2. The summed E-state index contributed by atoms with van der Waals surface area (Å²) in [6.07, 6.45) is 4.66. The van der Waals surface area contributed by atoms with Gasteiger partial charge in [0.15, 0.2) is 9.84 Å². The molecule has 1 amide bonds. The fourth-order valence-corrected chi connectivity index (χ4v) is 7.64. The smallest absolute Gasteiger partial charge is 0.233 e. The van der Waals surface area contributed by atoms with Crippen LogP contribution in [0.15, 0.2) is 59.6 Å². The largest absolute Gasteiger partial charge is 0.335 e. The van der Waals surface area contributed by atoms with Gasteiger partial charge in [0.1, 0.15) is 10.7 Å². The lowest BCUT2D eigenvalue weighted by Gasteiger charge is -2.34. The summed E-state index contributed by atoms with van der Waals surface area (Å²) in [6.45, 7) is 0. The van der Waals surface area contributed by atoms with Gasteiger partial charge in [-0.05, 0) is 19.3 Å². The monoisotopic (exact) mass is 481 g/mol. The zero-order valence-corrected chi connectivity index (χ0v) is 20.0. The summed E-state index contributed by atoms with van der Waals surface area (Å²) in [5, 5.41) is 11.7. The van der Waals surface area contributed by atoms with Crippen molar-refractivity contribution >= 4 is 38.3 Å². The second-order valence-corrected chi connectivity index (χ2v) is 12.0. The van der Waals surface area contributed by atoms with E-state index in [2.05, 4.69) is 10.2 Å². The molecule has 0 spiro atoms. The van der Waals surface area contributed by atoms with Crippen LogP contribution < -0.4 is 0 Å². The van der Waals surface area contributed by atoms with E-state index in [1.165, 1.54) is 11.8 Å². The van der Waals surface area contributed by atoms with Crippen molar-refractivity contribution in [2.24, 2.45) is 0 Å². The standard InChI is InChI=1S/C25H27N3O3S2/c29-23(28(19-10-4-5-11-19)20-14-15-33(30,31)17-20)16-32-25-22-13-7-6-12-21(22)24(26-27-25)18-8-2-1-3-9-18/h1-3,6-9,12-13,19-20H,4-5,10-11,14-17H2. The SMILES string of the molecule is O=C(CSc1nnc(-c2ccccc2)c2ccccc12)N(C1CCCC1)C1CCS(=O)(=O)C1. The van der Waals surface area contributed by atoms with Gasteiger partial charge in [-0.25, -0.2) is 8.42 Å². The van der Waals surface area contributed by atoms with Crippen LogP contribution in [0.3, 0.4) is 0 Å². The maximum Gasteiger partial charge on any atom is 0.233 e. The Hall–Kier alpha value is -2.45. The van der Waals surface area contributed by atoms with E-state index in [9.17, 15) is 13.2 Å². The van der Waals surface area contributed by atoms with Gasteiger partial charge in [-0.15, -0.1) is 10.2 Å². The number of carbonyl (C=O) groups excluding carboxylic acids is 1. The second-order valence-electron chi connectivity index (χ2n) is 8.85. The van der Waals surface area contributed by atoms with Gasteiger partial charge in [0.05, 0.1) is 17.3 Å². The molecule has 0 bridgehead atoms. The number of thioether (sulfide) groups is 1. The highest BCUT2D eigenvalue weighted by atomic mass is 32.2. The molecule has 2 heterocycles. The Labute approximate surface area is 198 Å². The lowest BCUT2D eigenvalue weighted by Crippen LogP contribution is -2.47.